The molecule has 2 rings (SSSR count). The molecule has 1 aromatic carbocycles. The first-order valence-electron chi connectivity index (χ1n) is 6.12. The van der Waals surface area contributed by atoms with Gasteiger partial charge in [0.15, 0.2) is 0 Å². The van der Waals surface area contributed by atoms with E-state index in [1.165, 1.54) is 19.2 Å². The highest BCUT2D eigenvalue weighted by atomic mass is 79.9. The van der Waals surface area contributed by atoms with Crippen molar-refractivity contribution in [3.63, 3.8) is 0 Å². The van der Waals surface area contributed by atoms with E-state index in [-0.39, 0.29) is 17.6 Å². The first-order valence-corrected chi connectivity index (χ1v) is 6.91. The Morgan fingerprint density at radius 1 is 1.38 bits per heavy atom. The van der Waals surface area contributed by atoms with Gasteiger partial charge in [0.1, 0.15) is 5.75 Å². The summed E-state index contributed by atoms with van der Waals surface area (Å²) < 4.78 is 45.7. The molecule has 8 heteroatoms. The molecule has 0 bridgehead atoms. The molecule has 1 heterocycles. The van der Waals surface area contributed by atoms with Gasteiger partial charge in [-0.15, -0.1) is 13.2 Å². The third-order valence-electron chi connectivity index (χ3n) is 3.06. The molecule has 1 saturated heterocycles. The normalized spacial score (nSPS) is 16.4. The van der Waals surface area contributed by atoms with Gasteiger partial charge in [-0.2, -0.15) is 0 Å². The monoisotopic (exact) mass is 367 g/mol. The highest BCUT2D eigenvalue weighted by Crippen LogP contribution is 2.29. The zero-order valence-electron chi connectivity index (χ0n) is 11.1. The Hall–Kier alpha value is -1.28. The summed E-state index contributed by atoms with van der Waals surface area (Å²) in [5.74, 6) is -0.688. The fourth-order valence-corrected chi connectivity index (χ4v) is 2.70. The van der Waals surface area contributed by atoms with Gasteiger partial charge in [0.05, 0.1) is 13.0 Å². The number of benzene rings is 1. The van der Waals surface area contributed by atoms with Crippen molar-refractivity contribution in [3.05, 3.63) is 28.2 Å². The summed E-state index contributed by atoms with van der Waals surface area (Å²) in [4.78, 5) is 13.2. The number of nitrogens with zero attached hydrogens (tertiary/aromatic N) is 1. The third-order valence-corrected chi connectivity index (χ3v) is 3.52. The number of carbonyl (C=O) groups is 1. The van der Waals surface area contributed by atoms with Crippen LogP contribution < -0.4 is 4.74 Å². The van der Waals surface area contributed by atoms with Crippen LogP contribution in [0.1, 0.15) is 5.56 Å². The van der Waals surface area contributed by atoms with E-state index in [0.717, 1.165) is 0 Å². The van der Waals surface area contributed by atoms with Gasteiger partial charge in [-0.3, -0.25) is 9.69 Å². The van der Waals surface area contributed by atoms with Crippen LogP contribution >= 0.6 is 15.9 Å². The molecule has 116 valence electrons. The molecule has 1 aliphatic rings. The SMILES string of the molecule is COC(=O)C1CN(Cc2cc(Br)cc(OC(F)(F)F)c2)C1. The number of methoxy groups -OCH3 is 1. The smallest absolute Gasteiger partial charge is 0.469 e. The second-order valence-corrected chi connectivity index (χ2v) is 5.67. The lowest BCUT2D eigenvalue weighted by atomic mass is 9.99. The van der Waals surface area contributed by atoms with Crippen molar-refractivity contribution >= 4 is 21.9 Å². The van der Waals surface area contributed by atoms with Crippen LogP contribution in [-0.2, 0) is 16.1 Å². The lowest BCUT2D eigenvalue weighted by Gasteiger charge is -2.37. The highest BCUT2D eigenvalue weighted by molar-refractivity contribution is 9.10. The van der Waals surface area contributed by atoms with Crippen LogP contribution in [0, 0.1) is 5.92 Å². The number of likely N-dealkylation sites (tertiary alicyclic amines) is 1. The standard InChI is InChI=1S/C13H13BrF3NO3/c1-20-12(19)9-6-18(7-9)5-8-2-10(14)4-11(3-8)21-13(15,16)17/h2-4,9H,5-7H2,1H3. The maximum absolute atomic E-state index is 12.2. The minimum absolute atomic E-state index is 0.159. The van der Waals surface area contributed by atoms with Crippen molar-refractivity contribution in [1.29, 1.82) is 0 Å². The summed E-state index contributed by atoms with van der Waals surface area (Å²) in [6, 6.07) is 4.31. The predicted octanol–water partition coefficient (Wildman–Crippen LogP) is 2.95. The van der Waals surface area contributed by atoms with Crippen molar-refractivity contribution in [2.75, 3.05) is 20.2 Å². The molecule has 0 aromatic heterocycles. The van der Waals surface area contributed by atoms with Crippen LogP contribution in [0.2, 0.25) is 0 Å². The molecule has 1 aliphatic heterocycles. The first-order chi connectivity index (χ1) is 9.76. The van der Waals surface area contributed by atoms with Gasteiger partial charge in [-0.25, -0.2) is 0 Å². The Labute approximate surface area is 127 Å². The molecule has 0 spiro atoms. The Kier molecular flexibility index (Phi) is 4.77. The lowest BCUT2D eigenvalue weighted by molar-refractivity contribution is -0.274. The van der Waals surface area contributed by atoms with Crippen LogP contribution in [-0.4, -0.2) is 37.4 Å². The maximum Gasteiger partial charge on any atom is 0.573 e. The predicted molar refractivity (Wildman–Crippen MR) is 71.6 cm³/mol. The Morgan fingerprint density at radius 2 is 2.05 bits per heavy atom. The van der Waals surface area contributed by atoms with Crippen molar-refractivity contribution in [1.82, 2.24) is 4.90 Å². The molecular formula is C13H13BrF3NO3. The maximum atomic E-state index is 12.2. The zero-order valence-corrected chi connectivity index (χ0v) is 12.7. The lowest BCUT2D eigenvalue weighted by Crippen LogP contribution is -2.49. The van der Waals surface area contributed by atoms with E-state index in [0.29, 0.717) is 29.7 Å². The zero-order chi connectivity index (χ0) is 15.6. The molecule has 0 unspecified atom stereocenters. The van der Waals surface area contributed by atoms with Crippen LogP contribution in [0.5, 0.6) is 5.75 Å². The molecule has 21 heavy (non-hydrogen) atoms. The third kappa shape index (κ3) is 4.60. The number of ether oxygens (including phenoxy) is 2. The van der Waals surface area contributed by atoms with E-state index in [1.54, 1.807) is 6.07 Å². The molecular weight excluding hydrogens is 355 g/mol. The van der Waals surface area contributed by atoms with Crippen molar-refractivity contribution in [3.8, 4) is 5.75 Å². The molecule has 0 aliphatic carbocycles. The number of halogens is 4. The molecule has 0 atom stereocenters. The fraction of sp³-hybridized carbons (Fsp3) is 0.462. The second-order valence-electron chi connectivity index (χ2n) is 4.76. The quantitative estimate of drug-likeness (QED) is 0.767. The molecule has 4 nitrogen and oxygen atoms in total. The van der Waals surface area contributed by atoms with Crippen LogP contribution in [0.4, 0.5) is 13.2 Å². The summed E-state index contributed by atoms with van der Waals surface area (Å²) >= 11 is 3.16. The Morgan fingerprint density at radius 3 is 2.62 bits per heavy atom. The van der Waals surface area contributed by atoms with Gasteiger partial charge in [-0.05, 0) is 23.8 Å². The minimum atomic E-state index is -4.72. The van der Waals surface area contributed by atoms with Crippen molar-refractivity contribution < 1.29 is 27.4 Å². The van der Waals surface area contributed by atoms with E-state index >= 15 is 0 Å². The van der Waals surface area contributed by atoms with Gasteiger partial charge in [0.25, 0.3) is 0 Å². The second kappa shape index (κ2) is 6.23. The Balaban J connectivity index is 1.97. The molecule has 1 aromatic rings. The average molecular weight is 368 g/mol. The molecule has 0 N–H and O–H groups in total. The number of rotatable bonds is 4. The van der Waals surface area contributed by atoms with Gasteiger partial charge < -0.3 is 9.47 Å². The number of hydrogen-bond donors (Lipinski definition) is 0. The summed E-state index contributed by atoms with van der Waals surface area (Å²) in [5, 5.41) is 0. The van der Waals surface area contributed by atoms with Gasteiger partial charge in [0, 0.05) is 24.1 Å². The summed E-state index contributed by atoms with van der Waals surface area (Å²) in [6.07, 6.45) is -4.72. The summed E-state index contributed by atoms with van der Waals surface area (Å²) in [6.45, 7) is 1.52. The van der Waals surface area contributed by atoms with Crippen molar-refractivity contribution in [2.24, 2.45) is 5.92 Å². The van der Waals surface area contributed by atoms with E-state index < -0.39 is 6.36 Å². The van der Waals surface area contributed by atoms with Gasteiger partial charge >= 0.3 is 12.3 Å². The highest BCUT2D eigenvalue weighted by Gasteiger charge is 2.34. The number of esters is 1. The van der Waals surface area contributed by atoms with Crippen LogP contribution in [0.3, 0.4) is 0 Å². The van der Waals surface area contributed by atoms with E-state index in [2.05, 4.69) is 25.4 Å². The summed E-state index contributed by atoms with van der Waals surface area (Å²) in [5.41, 5.74) is 0.673. The molecule has 1 fully saturated rings. The molecule has 0 amide bonds. The fourth-order valence-electron chi connectivity index (χ4n) is 2.18. The average Bonchev–Trinajstić information content (AvgIpc) is 2.29. The summed E-state index contributed by atoms with van der Waals surface area (Å²) in [7, 11) is 1.33. The number of hydrogen-bond acceptors (Lipinski definition) is 4. The van der Waals surface area contributed by atoms with Crippen LogP contribution in [0.25, 0.3) is 0 Å². The topological polar surface area (TPSA) is 38.8 Å². The minimum Gasteiger partial charge on any atom is -0.469 e. The van der Waals surface area contributed by atoms with Gasteiger partial charge in [-0.1, -0.05) is 15.9 Å². The molecule has 0 saturated carbocycles. The van der Waals surface area contributed by atoms with E-state index in [9.17, 15) is 18.0 Å². The number of alkyl halides is 3. The van der Waals surface area contributed by atoms with Gasteiger partial charge in [0.2, 0.25) is 0 Å². The molecule has 0 radical (unpaired) electrons. The largest absolute Gasteiger partial charge is 0.573 e. The van der Waals surface area contributed by atoms with Crippen molar-refractivity contribution in [2.45, 2.75) is 12.9 Å². The Bertz CT molecular complexity index is 530. The number of carbonyl (C=O) groups excluding carboxylic acids is 1. The van der Waals surface area contributed by atoms with E-state index in [1.807, 2.05) is 4.90 Å². The van der Waals surface area contributed by atoms with E-state index in [4.69, 9.17) is 0 Å². The first kappa shape index (κ1) is 16.1. The van der Waals surface area contributed by atoms with Crippen LogP contribution in [0.15, 0.2) is 22.7 Å².